The van der Waals surface area contributed by atoms with Crippen molar-refractivity contribution in [1.82, 2.24) is 10.3 Å². The maximum atomic E-state index is 12.5. The summed E-state index contributed by atoms with van der Waals surface area (Å²) in [5, 5.41) is 8.48. The number of hydrogen-bond donors (Lipinski definition) is 2. The third kappa shape index (κ3) is 4.83. The van der Waals surface area contributed by atoms with Crippen LogP contribution in [0.25, 0.3) is 16.5 Å². The molecule has 2 aromatic heterocycles. The van der Waals surface area contributed by atoms with Crippen LogP contribution < -0.4 is 15.4 Å². The number of anilines is 1. The van der Waals surface area contributed by atoms with Gasteiger partial charge in [-0.25, -0.2) is 4.98 Å². The van der Waals surface area contributed by atoms with Gasteiger partial charge in [0.2, 0.25) is 11.8 Å². The lowest BCUT2D eigenvalue weighted by Gasteiger charge is -2.11. The number of furan rings is 1. The van der Waals surface area contributed by atoms with Crippen molar-refractivity contribution >= 4 is 44.8 Å². The molecule has 0 aliphatic carbocycles. The molecular weight excluding hydrogens is 390 g/mol. The molecule has 2 amide bonds. The minimum Gasteiger partial charge on any atom is -0.493 e. The molecule has 0 saturated heterocycles. The van der Waals surface area contributed by atoms with Gasteiger partial charge in [0.25, 0.3) is 0 Å². The number of nitrogens with zero attached hydrogens (tertiary/aromatic N) is 1. The normalized spacial score (nSPS) is 11.5. The maximum Gasteiger partial charge on any atom is 0.250 e. The summed E-state index contributed by atoms with van der Waals surface area (Å²) >= 11 is 1.28. The Morgan fingerprint density at radius 3 is 2.86 bits per heavy atom. The number of carbonyl (C=O) groups is 2. The van der Waals surface area contributed by atoms with Crippen LogP contribution in [-0.4, -0.2) is 30.5 Å². The molecule has 2 N–H and O–H groups in total. The van der Waals surface area contributed by atoms with Crippen molar-refractivity contribution in [2.45, 2.75) is 27.2 Å². The van der Waals surface area contributed by atoms with Crippen LogP contribution in [0, 0.1) is 6.92 Å². The van der Waals surface area contributed by atoms with E-state index in [1.54, 1.807) is 18.7 Å². The number of amides is 2. The smallest absolute Gasteiger partial charge is 0.250 e. The van der Waals surface area contributed by atoms with Crippen LogP contribution in [0.3, 0.4) is 0 Å². The molecule has 2 heterocycles. The zero-order valence-electron chi connectivity index (χ0n) is 16.8. The molecule has 1 aromatic carbocycles. The van der Waals surface area contributed by atoms with E-state index in [-0.39, 0.29) is 18.2 Å². The van der Waals surface area contributed by atoms with Gasteiger partial charge in [0, 0.05) is 35.5 Å². The first kappa shape index (κ1) is 20.6. The number of rotatable bonds is 7. The SMILES string of the molecule is CCOc1cc2occ(C)c2cc1/C(C)=C/C(=O)Nc1nc(CC(=O)NC)cs1. The molecule has 0 spiro atoms. The lowest BCUT2D eigenvalue weighted by atomic mass is 10.0. The summed E-state index contributed by atoms with van der Waals surface area (Å²) in [5.74, 6) is 0.241. The largest absolute Gasteiger partial charge is 0.493 e. The topological polar surface area (TPSA) is 93.5 Å². The van der Waals surface area contributed by atoms with Gasteiger partial charge in [0.15, 0.2) is 5.13 Å². The van der Waals surface area contributed by atoms with Gasteiger partial charge >= 0.3 is 0 Å². The van der Waals surface area contributed by atoms with E-state index < -0.39 is 0 Å². The quantitative estimate of drug-likeness (QED) is 0.573. The van der Waals surface area contributed by atoms with E-state index in [9.17, 15) is 9.59 Å². The second-order valence-corrected chi connectivity index (χ2v) is 7.36. The van der Waals surface area contributed by atoms with Gasteiger partial charge in [-0.3, -0.25) is 14.9 Å². The minimum absolute atomic E-state index is 0.127. The second kappa shape index (κ2) is 8.91. The highest BCUT2D eigenvalue weighted by atomic mass is 32.1. The number of carbonyl (C=O) groups excluding carboxylic acids is 2. The Labute approximate surface area is 172 Å². The van der Waals surface area contributed by atoms with Crippen molar-refractivity contribution in [2.24, 2.45) is 0 Å². The van der Waals surface area contributed by atoms with E-state index in [4.69, 9.17) is 9.15 Å². The summed E-state index contributed by atoms with van der Waals surface area (Å²) in [7, 11) is 1.57. The summed E-state index contributed by atoms with van der Waals surface area (Å²) in [6, 6.07) is 3.82. The first-order valence-corrected chi connectivity index (χ1v) is 10.1. The standard InChI is InChI=1S/C21H23N3O4S/c1-5-27-17-9-18-16(13(3)10-28-18)8-15(17)12(2)6-20(26)24-21-23-14(11-29-21)7-19(25)22-4/h6,8-11H,5,7H2,1-4H3,(H,22,25)(H,23,24,26)/b12-6+. The highest BCUT2D eigenvalue weighted by Crippen LogP contribution is 2.33. The van der Waals surface area contributed by atoms with Gasteiger partial charge in [-0.15, -0.1) is 11.3 Å². The highest BCUT2D eigenvalue weighted by molar-refractivity contribution is 7.14. The van der Waals surface area contributed by atoms with Gasteiger partial charge < -0.3 is 14.5 Å². The summed E-state index contributed by atoms with van der Waals surface area (Å²) in [4.78, 5) is 28.2. The minimum atomic E-state index is -0.296. The molecular formula is C21H23N3O4S. The third-order valence-corrected chi connectivity index (χ3v) is 5.15. The van der Waals surface area contributed by atoms with Gasteiger partial charge in [0.05, 0.1) is 25.0 Å². The van der Waals surface area contributed by atoms with E-state index >= 15 is 0 Å². The Hall–Kier alpha value is -3.13. The Morgan fingerprint density at radius 2 is 2.14 bits per heavy atom. The van der Waals surface area contributed by atoms with Gasteiger partial charge in [0.1, 0.15) is 11.3 Å². The number of hydrogen-bond acceptors (Lipinski definition) is 6. The predicted octanol–water partition coefficient (Wildman–Crippen LogP) is 3.93. The average Bonchev–Trinajstić information content (AvgIpc) is 3.27. The predicted molar refractivity (Wildman–Crippen MR) is 114 cm³/mol. The number of benzene rings is 1. The van der Waals surface area contributed by atoms with Crippen molar-refractivity contribution < 1.29 is 18.7 Å². The molecule has 3 rings (SSSR count). The monoisotopic (exact) mass is 413 g/mol. The zero-order chi connectivity index (χ0) is 21.0. The number of nitrogens with one attached hydrogen (secondary N) is 2. The lowest BCUT2D eigenvalue weighted by Crippen LogP contribution is -2.20. The fraction of sp³-hybridized carbons (Fsp3) is 0.286. The summed E-state index contributed by atoms with van der Waals surface area (Å²) in [6.45, 7) is 6.25. The molecule has 8 heteroatoms. The zero-order valence-corrected chi connectivity index (χ0v) is 17.6. The molecule has 0 bridgehead atoms. The number of allylic oxidation sites excluding steroid dienone is 1. The van der Waals surface area contributed by atoms with Crippen LogP contribution in [0.1, 0.15) is 30.7 Å². The Kier molecular flexibility index (Phi) is 6.33. The van der Waals surface area contributed by atoms with E-state index in [0.717, 1.165) is 27.7 Å². The number of thiazole rings is 1. The summed E-state index contributed by atoms with van der Waals surface area (Å²) < 4.78 is 11.3. The van der Waals surface area contributed by atoms with Crippen LogP contribution in [-0.2, 0) is 16.0 Å². The van der Waals surface area contributed by atoms with E-state index in [2.05, 4.69) is 15.6 Å². The number of aryl methyl sites for hydroxylation is 1. The fourth-order valence-electron chi connectivity index (χ4n) is 2.88. The van der Waals surface area contributed by atoms with Crippen molar-refractivity contribution in [3.8, 4) is 5.75 Å². The van der Waals surface area contributed by atoms with Crippen molar-refractivity contribution in [3.63, 3.8) is 0 Å². The van der Waals surface area contributed by atoms with E-state index in [1.165, 1.54) is 17.4 Å². The van der Waals surface area contributed by atoms with Crippen molar-refractivity contribution in [3.05, 3.63) is 46.7 Å². The van der Waals surface area contributed by atoms with Crippen LogP contribution in [0.4, 0.5) is 5.13 Å². The molecule has 0 aliphatic heterocycles. The lowest BCUT2D eigenvalue weighted by molar-refractivity contribution is -0.120. The van der Waals surface area contributed by atoms with Gasteiger partial charge in [-0.1, -0.05) is 0 Å². The fourth-order valence-corrected chi connectivity index (χ4v) is 3.59. The Bertz CT molecular complexity index is 1080. The maximum absolute atomic E-state index is 12.5. The van der Waals surface area contributed by atoms with Gasteiger partial charge in [-0.05, 0) is 38.0 Å². The van der Waals surface area contributed by atoms with E-state index in [0.29, 0.717) is 23.2 Å². The molecule has 0 radical (unpaired) electrons. The van der Waals surface area contributed by atoms with Crippen LogP contribution in [0.5, 0.6) is 5.75 Å². The van der Waals surface area contributed by atoms with Crippen LogP contribution in [0.15, 0.2) is 34.3 Å². The molecule has 0 aliphatic rings. The van der Waals surface area contributed by atoms with Crippen molar-refractivity contribution in [1.29, 1.82) is 0 Å². The third-order valence-electron chi connectivity index (χ3n) is 4.34. The average molecular weight is 413 g/mol. The van der Waals surface area contributed by atoms with Gasteiger partial charge in [-0.2, -0.15) is 0 Å². The number of likely N-dealkylation sites (N-methyl/N-ethyl adjacent to an activating group) is 1. The van der Waals surface area contributed by atoms with E-state index in [1.807, 2.05) is 32.9 Å². The summed E-state index contributed by atoms with van der Waals surface area (Å²) in [5.41, 5.74) is 3.98. The molecule has 0 fully saturated rings. The van der Waals surface area contributed by atoms with Crippen LogP contribution in [0.2, 0.25) is 0 Å². The highest BCUT2D eigenvalue weighted by Gasteiger charge is 2.14. The number of aromatic nitrogens is 1. The van der Waals surface area contributed by atoms with Crippen molar-refractivity contribution in [2.75, 3.05) is 19.0 Å². The number of ether oxygens (including phenoxy) is 1. The molecule has 0 saturated carbocycles. The summed E-state index contributed by atoms with van der Waals surface area (Å²) in [6.07, 6.45) is 3.40. The molecule has 0 atom stereocenters. The number of fused-ring (bicyclic) bond motifs is 1. The molecule has 152 valence electrons. The molecule has 0 unspecified atom stereocenters. The molecule has 7 nitrogen and oxygen atoms in total. The second-order valence-electron chi connectivity index (χ2n) is 6.51. The molecule has 3 aromatic rings. The van der Waals surface area contributed by atoms with Crippen LogP contribution >= 0.6 is 11.3 Å². The first-order chi connectivity index (χ1) is 13.9. The Morgan fingerprint density at radius 1 is 1.34 bits per heavy atom. The first-order valence-electron chi connectivity index (χ1n) is 9.20. The Balaban J connectivity index is 1.81. The molecule has 29 heavy (non-hydrogen) atoms.